The molecule has 94 valence electrons. The Balaban J connectivity index is 2.60. The molecular formula is C13H11N5O. The Morgan fingerprint density at radius 1 is 1.42 bits per heavy atom. The van der Waals surface area contributed by atoms with E-state index in [9.17, 15) is 10.5 Å². The van der Waals surface area contributed by atoms with Crippen molar-refractivity contribution in [3.05, 3.63) is 41.5 Å². The summed E-state index contributed by atoms with van der Waals surface area (Å²) in [5, 5.41) is 18.6. The Kier molecular flexibility index (Phi) is 3.44. The predicted molar refractivity (Wildman–Crippen MR) is 67.4 cm³/mol. The first-order valence-corrected chi connectivity index (χ1v) is 5.54. The van der Waals surface area contributed by atoms with Crippen molar-refractivity contribution in [3.8, 4) is 12.1 Å². The van der Waals surface area contributed by atoms with Crippen LogP contribution in [0.25, 0.3) is 0 Å². The summed E-state index contributed by atoms with van der Waals surface area (Å²) in [6.45, 7) is 0. The highest BCUT2D eigenvalue weighted by Gasteiger charge is 2.37. The van der Waals surface area contributed by atoms with E-state index in [1.165, 1.54) is 7.11 Å². The summed E-state index contributed by atoms with van der Waals surface area (Å²) in [5.41, 5.74) is 6.76. The maximum Gasteiger partial charge on any atom is 0.208 e. The number of hydrogen-bond acceptors (Lipinski definition) is 6. The molecule has 0 saturated carbocycles. The van der Waals surface area contributed by atoms with Gasteiger partial charge < -0.3 is 10.5 Å². The van der Waals surface area contributed by atoms with Crippen LogP contribution in [-0.2, 0) is 4.74 Å². The van der Waals surface area contributed by atoms with Crippen molar-refractivity contribution < 1.29 is 4.74 Å². The van der Waals surface area contributed by atoms with Crippen LogP contribution in [0.15, 0.2) is 40.9 Å². The predicted octanol–water partition coefficient (Wildman–Crippen LogP) is 1.06. The number of aliphatic imine (C=N–C) groups is 1. The molecule has 1 aromatic rings. The zero-order valence-electron chi connectivity index (χ0n) is 10.2. The average molecular weight is 253 g/mol. The summed E-state index contributed by atoms with van der Waals surface area (Å²) >= 11 is 0. The van der Waals surface area contributed by atoms with Crippen LogP contribution >= 0.6 is 0 Å². The number of aromatic nitrogens is 1. The SMILES string of the molecule is COC1=NC(N)=C(C#N)C(c2cccnc2)C1C#N. The quantitative estimate of drug-likeness (QED) is 0.804. The molecule has 0 amide bonds. The highest BCUT2D eigenvalue weighted by molar-refractivity contribution is 5.85. The van der Waals surface area contributed by atoms with Crippen LogP contribution in [0.3, 0.4) is 0 Å². The molecule has 2 rings (SSSR count). The summed E-state index contributed by atoms with van der Waals surface area (Å²) in [7, 11) is 1.42. The molecule has 0 fully saturated rings. The first-order valence-electron chi connectivity index (χ1n) is 5.54. The number of methoxy groups -OCH3 is 1. The zero-order chi connectivity index (χ0) is 13.8. The minimum Gasteiger partial charge on any atom is -0.483 e. The molecule has 0 saturated heterocycles. The zero-order valence-corrected chi connectivity index (χ0v) is 10.2. The van der Waals surface area contributed by atoms with E-state index >= 15 is 0 Å². The van der Waals surface area contributed by atoms with Crippen LogP contribution < -0.4 is 5.73 Å². The smallest absolute Gasteiger partial charge is 0.208 e. The number of allylic oxidation sites excluding steroid dienone is 1. The number of rotatable bonds is 1. The lowest BCUT2D eigenvalue weighted by Crippen LogP contribution is -2.29. The molecule has 19 heavy (non-hydrogen) atoms. The van der Waals surface area contributed by atoms with E-state index in [4.69, 9.17) is 10.5 Å². The minimum atomic E-state index is -0.684. The lowest BCUT2D eigenvalue weighted by Gasteiger charge is -2.26. The normalized spacial score (nSPS) is 22.2. The Labute approximate surface area is 110 Å². The summed E-state index contributed by atoms with van der Waals surface area (Å²) in [4.78, 5) is 7.98. The number of nitriles is 2. The second kappa shape index (κ2) is 5.19. The van der Waals surface area contributed by atoms with Gasteiger partial charge in [-0.05, 0) is 11.6 Å². The Hall–Kier alpha value is -2.86. The summed E-state index contributed by atoms with van der Waals surface area (Å²) < 4.78 is 5.09. The Bertz CT molecular complexity index is 621. The van der Waals surface area contributed by atoms with Crippen LogP contribution in [0, 0.1) is 28.6 Å². The van der Waals surface area contributed by atoms with E-state index in [-0.39, 0.29) is 17.3 Å². The Morgan fingerprint density at radius 3 is 2.74 bits per heavy atom. The number of ether oxygens (including phenoxy) is 1. The van der Waals surface area contributed by atoms with Gasteiger partial charge in [0.1, 0.15) is 11.7 Å². The topological polar surface area (TPSA) is 108 Å². The molecule has 0 radical (unpaired) electrons. The molecule has 2 atom stereocenters. The third-order valence-electron chi connectivity index (χ3n) is 2.93. The molecule has 0 aliphatic carbocycles. The molecule has 0 aromatic carbocycles. The van der Waals surface area contributed by atoms with E-state index in [0.717, 1.165) is 5.56 Å². The fourth-order valence-corrected chi connectivity index (χ4v) is 2.07. The first-order chi connectivity index (χ1) is 9.22. The van der Waals surface area contributed by atoms with Crippen molar-refractivity contribution in [1.82, 2.24) is 4.98 Å². The third-order valence-corrected chi connectivity index (χ3v) is 2.93. The lowest BCUT2D eigenvalue weighted by molar-refractivity contribution is 0.368. The van der Waals surface area contributed by atoms with Gasteiger partial charge in [-0.3, -0.25) is 4.98 Å². The van der Waals surface area contributed by atoms with E-state index in [1.807, 2.05) is 6.07 Å². The molecule has 6 heteroatoms. The summed E-state index contributed by atoms with van der Waals surface area (Å²) in [6.07, 6.45) is 3.23. The van der Waals surface area contributed by atoms with Crippen LogP contribution in [0.5, 0.6) is 0 Å². The molecular weight excluding hydrogens is 242 g/mol. The van der Waals surface area contributed by atoms with Crippen LogP contribution in [0.4, 0.5) is 0 Å². The van der Waals surface area contributed by atoms with Crippen LogP contribution in [-0.4, -0.2) is 18.0 Å². The fraction of sp³-hybridized carbons (Fsp3) is 0.231. The molecule has 1 aliphatic heterocycles. The molecule has 2 N–H and O–H groups in total. The van der Waals surface area contributed by atoms with E-state index in [2.05, 4.69) is 16.0 Å². The molecule has 2 unspecified atom stereocenters. The Morgan fingerprint density at radius 2 is 2.21 bits per heavy atom. The van der Waals surface area contributed by atoms with Gasteiger partial charge in [0.05, 0.1) is 24.8 Å². The maximum absolute atomic E-state index is 9.32. The van der Waals surface area contributed by atoms with Crippen molar-refractivity contribution in [1.29, 1.82) is 10.5 Å². The van der Waals surface area contributed by atoms with Gasteiger partial charge in [-0.1, -0.05) is 6.07 Å². The van der Waals surface area contributed by atoms with Gasteiger partial charge in [-0.25, -0.2) is 0 Å². The van der Waals surface area contributed by atoms with Gasteiger partial charge in [-0.15, -0.1) is 0 Å². The third kappa shape index (κ3) is 2.12. The van der Waals surface area contributed by atoms with Gasteiger partial charge in [0.25, 0.3) is 0 Å². The maximum atomic E-state index is 9.32. The molecule has 6 nitrogen and oxygen atoms in total. The lowest BCUT2D eigenvalue weighted by atomic mass is 9.80. The minimum absolute atomic E-state index is 0.0831. The molecule has 1 aromatic heterocycles. The van der Waals surface area contributed by atoms with Crippen molar-refractivity contribution in [2.45, 2.75) is 5.92 Å². The number of hydrogen-bond donors (Lipinski definition) is 1. The summed E-state index contributed by atoms with van der Waals surface area (Å²) in [6, 6.07) is 7.68. The van der Waals surface area contributed by atoms with Crippen molar-refractivity contribution >= 4 is 5.90 Å². The van der Waals surface area contributed by atoms with Gasteiger partial charge in [0.15, 0.2) is 0 Å². The number of nitrogens with two attached hydrogens (primary N) is 1. The van der Waals surface area contributed by atoms with E-state index < -0.39 is 11.8 Å². The van der Waals surface area contributed by atoms with Crippen molar-refractivity contribution in [3.63, 3.8) is 0 Å². The highest BCUT2D eigenvalue weighted by Crippen LogP contribution is 2.36. The van der Waals surface area contributed by atoms with Gasteiger partial charge in [-0.2, -0.15) is 15.5 Å². The second-order valence-electron chi connectivity index (χ2n) is 3.94. The standard InChI is InChI=1S/C13H11N5O/c1-19-13-10(6-15)11(8-3-2-4-17-7-8)9(5-14)12(16)18-13/h2-4,7,10-11H,16H2,1H3. The largest absolute Gasteiger partial charge is 0.483 e. The highest BCUT2D eigenvalue weighted by atomic mass is 16.5. The summed E-state index contributed by atoms with van der Waals surface area (Å²) in [5.74, 6) is -0.889. The van der Waals surface area contributed by atoms with E-state index in [0.29, 0.717) is 0 Å². The molecule has 0 spiro atoms. The van der Waals surface area contributed by atoms with Gasteiger partial charge >= 0.3 is 0 Å². The second-order valence-corrected chi connectivity index (χ2v) is 3.94. The van der Waals surface area contributed by atoms with Gasteiger partial charge in [0, 0.05) is 18.3 Å². The number of pyridine rings is 1. The van der Waals surface area contributed by atoms with Crippen LogP contribution in [0.1, 0.15) is 11.5 Å². The fourth-order valence-electron chi connectivity index (χ4n) is 2.07. The van der Waals surface area contributed by atoms with Gasteiger partial charge in [0.2, 0.25) is 5.90 Å². The van der Waals surface area contributed by atoms with Crippen LogP contribution in [0.2, 0.25) is 0 Å². The van der Waals surface area contributed by atoms with Crippen molar-refractivity contribution in [2.24, 2.45) is 16.6 Å². The molecule has 2 heterocycles. The average Bonchev–Trinajstić information content (AvgIpc) is 2.46. The monoisotopic (exact) mass is 253 g/mol. The molecule has 0 bridgehead atoms. The van der Waals surface area contributed by atoms with E-state index in [1.54, 1.807) is 24.5 Å². The molecule has 1 aliphatic rings. The first kappa shape index (κ1) is 12.6. The number of nitrogens with zero attached hydrogens (tertiary/aromatic N) is 4. The van der Waals surface area contributed by atoms with Crippen molar-refractivity contribution in [2.75, 3.05) is 7.11 Å².